The van der Waals surface area contributed by atoms with Crippen molar-refractivity contribution in [2.75, 3.05) is 40.0 Å². The van der Waals surface area contributed by atoms with Gasteiger partial charge in [-0.2, -0.15) is 0 Å². The number of rotatable bonds is 14. The minimum atomic E-state index is -0.263. The molecule has 0 unspecified atom stereocenters. The van der Waals surface area contributed by atoms with Gasteiger partial charge in [-0.05, 0) is 11.8 Å². The first-order valence-corrected chi connectivity index (χ1v) is 7.96. The van der Waals surface area contributed by atoms with Gasteiger partial charge in [-0.15, -0.1) is 0 Å². The maximum atomic E-state index is 11.2. The van der Waals surface area contributed by atoms with Crippen LogP contribution in [0.1, 0.15) is 40.5 Å². The van der Waals surface area contributed by atoms with Crippen LogP contribution in [0, 0.1) is 11.8 Å². The van der Waals surface area contributed by atoms with E-state index in [1.165, 1.54) is 0 Å². The normalized spacial score (nSPS) is 11.0. The summed E-state index contributed by atoms with van der Waals surface area (Å²) in [5, 5.41) is 0. The maximum Gasteiger partial charge on any atom is 0.308 e. The molecule has 0 saturated heterocycles. The van der Waals surface area contributed by atoms with Gasteiger partial charge >= 0.3 is 11.9 Å². The molecular formula is C16H30O7. The Morgan fingerprint density at radius 2 is 1.00 bits per heavy atom. The van der Waals surface area contributed by atoms with E-state index in [9.17, 15) is 9.59 Å². The van der Waals surface area contributed by atoms with Gasteiger partial charge in [-0.1, -0.05) is 27.7 Å². The van der Waals surface area contributed by atoms with Crippen LogP contribution in [0.3, 0.4) is 0 Å². The number of hydrogen-bond donors (Lipinski definition) is 0. The van der Waals surface area contributed by atoms with Crippen LogP contribution in [-0.4, -0.2) is 52.0 Å². The van der Waals surface area contributed by atoms with Gasteiger partial charge in [0.15, 0.2) is 13.6 Å². The van der Waals surface area contributed by atoms with Gasteiger partial charge in [0.25, 0.3) is 0 Å². The highest BCUT2D eigenvalue weighted by Crippen LogP contribution is 2.01. The Labute approximate surface area is 138 Å². The van der Waals surface area contributed by atoms with Crippen molar-refractivity contribution in [3.05, 3.63) is 0 Å². The molecule has 0 aliphatic carbocycles. The molecule has 0 aliphatic heterocycles. The second-order valence-corrected chi connectivity index (χ2v) is 5.89. The van der Waals surface area contributed by atoms with Gasteiger partial charge in [0, 0.05) is 12.8 Å². The molecule has 0 spiro atoms. The third-order valence-electron chi connectivity index (χ3n) is 2.50. The Morgan fingerprint density at radius 3 is 1.35 bits per heavy atom. The zero-order valence-corrected chi connectivity index (χ0v) is 14.7. The van der Waals surface area contributed by atoms with Crippen LogP contribution in [0.15, 0.2) is 0 Å². The second-order valence-electron chi connectivity index (χ2n) is 5.89. The number of esters is 2. The maximum absolute atomic E-state index is 11.2. The van der Waals surface area contributed by atoms with Gasteiger partial charge in [0.2, 0.25) is 0 Å². The van der Waals surface area contributed by atoms with Crippen LogP contribution in [0.4, 0.5) is 0 Å². The first-order chi connectivity index (χ1) is 10.9. The van der Waals surface area contributed by atoms with Crippen LogP contribution in [0.2, 0.25) is 0 Å². The van der Waals surface area contributed by atoms with E-state index in [2.05, 4.69) is 0 Å². The van der Waals surface area contributed by atoms with Crippen LogP contribution in [0.5, 0.6) is 0 Å². The lowest BCUT2D eigenvalue weighted by atomic mass is 10.1. The van der Waals surface area contributed by atoms with E-state index in [-0.39, 0.29) is 37.4 Å². The predicted octanol–water partition coefficient (Wildman–Crippen LogP) is 2.13. The molecule has 136 valence electrons. The SMILES string of the molecule is CC(C)CC(=O)OCOCCOCCOCOC(=O)CC(C)C. The second kappa shape index (κ2) is 14.4. The van der Waals surface area contributed by atoms with Crippen LogP contribution >= 0.6 is 0 Å². The Kier molecular flexibility index (Phi) is 13.7. The Hall–Kier alpha value is -1.18. The van der Waals surface area contributed by atoms with Gasteiger partial charge in [-0.3, -0.25) is 9.59 Å². The molecule has 0 bridgehead atoms. The topological polar surface area (TPSA) is 80.3 Å². The molecule has 0 atom stereocenters. The molecule has 0 N–H and O–H groups in total. The molecule has 0 rings (SSSR count). The van der Waals surface area contributed by atoms with Crippen molar-refractivity contribution in [3.63, 3.8) is 0 Å². The van der Waals surface area contributed by atoms with Gasteiger partial charge in [-0.25, -0.2) is 0 Å². The molecule has 7 nitrogen and oxygen atoms in total. The smallest absolute Gasteiger partial charge is 0.308 e. The van der Waals surface area contributed by atoms with E-state index in [1.807, 2.05) is 27.7 Å². The van der Waals surface area contributed by atoms with Crippen molar-refractivity contribution >= 4 is 11.9 Å². The van der Waals surface area contributed by atoms with Crippen LogP contribution in [-0.2, 0) is 33.3 Å². The van der Waals surface area contributed by atoms with Crippen LogP contribution in [0.25, 0.3) is 0 Å². The predicted molar refractivity (Wildman–Crippen MR) is 83.6 cm³/mol. The molecule has 0 saturated carbocycles. The summed E-state index contributed by atoms with van der Waals surface area (Å²) in [6.45, 7) is 9.08. The largest absolute Gasteiger partial charge is 0.438 e. The minimum Gasteiger partial charge on any atom is -0.438 e. The molecule has 0 aromatic rings. The molecule has 0 amide bonds. The fourth-order valence-electron chi connectivity index (χ4n) is 1.45. The van der Waals surface area contributed by atoms with Crippen molar-refractivity contribution < 1.29 is 33.3 Å². The van der Waals surface area contributed by atoms with E-state index < -0.39 is 0 Å². The first-order valence-electron chi connectivity index (χ1n) is 7.96. The highest BCUT2D eigenvalue weighted by molar-refractivity contribution is 5.69. The Morgan fingerprint density at radius 1 is 0.652 bits per heavy atom. The number of carbonyl (C=O) groups excluding carboxylic acids is 2. The molecule has 0 heterocycles. The van der Waals surface area contributed by atoms with Crippen molar-refractivity contribution in [2.24, 2.45) is 11.8 Å². The number of ether oxygens (including phenoxy) is 5. The summed E-state index contributed by atoms with van der Waals surface area (Å²) in [6.07, 6.45) is 0.776. The molecule has 0 aromatic carbocycles. The van der Waals surface area contributed by atoms with Crippen molar-refractivity contribution in [3.8, 4) is 0 Å². The molecule has 0 radical (unpaired) electrons. The quantitative estimate of drug-likeness (QED) is 0.273. The molecule has 23 heavy (non-hydrogen) atoms. The van der Waals surface area contributed by atoms with E-state index in [0.29, 0.717) is 39.3 Å². The number of hydrogen-bond acceptors (Lipinski definition) is 7. The fourth-order valence-corrected chi connectivity index (χ4v) is 1.45. The summed E-state index contributed by atoms with van der Waals surface area (Å²) in [5.74, 6) is 0.0219. The lowest BCUT2D eigenvalue weighted by molar-refractivity contribution is -0.159. The number of carbonyl (C=O) groups is 2. The monoisotopic (exact) mass is 334 g/mol. The third-order valence-corrected chi connectivity index (χ3v) is 2.50. The highest BCUT2D eigenvalue weighted by Gasteiger charge is 2.06. The summed E-state index contributed by atoms with van der Waals surface area (Å²) in [5.41, 5.74) is 0. The molecule has 0 aromatic heterocycles. The van der Waals surface area contributed by atoms with E-state index in [4.69, 9.17) is 23.7 Å². The Balaban J connectivity index is 3.22. The lowest BCUT2D eigenvalue weighted by Gasteiger charge is -2.09. The zero-order valence-electron chi connectivity index (χ0n) is 14.7. The van der Waals surface area contributed by atoms with Gasteiger partial charge in [0.05, 0.1) is 26.4 Å². The van der Waals surface area contributed by atoms with Crippen molar-refractivity contribution in [2.45, 2.75) is 40.5 Å². The minimum absolute atomic E-state index is 0.0583. The van der Waals surface area contributed by atoms with E-state index >= 15 is 0 Å². The lowest BCUT2D eigenvalue weighted by Crippen LogP contribution is -2.15. The standard InChI is InChI=1S/C16H30O7/c1-13(2)9-15(17)22-11-20-7-5-19-6-8-21-12-23-16(18)10-14(3)4/h13-14H,5-12H2,1-4H3. The average molecular weight is 334 g/mol. The summed E-state index contributed by atoms with van der Waals surface area (Å²) in [4.78, 5) is 22.4. The van der Waals surface area contributed by atoms with Crippen molar-refractivity contribution in [1.29, 1.82) is 0 Å². The van der Waals surface area contributed by atoms with E-state index in [0.717, 1.165) is 0 Å². The zero-order chi connectivity index (χ0) is 17.5. The molecule has 0 fully saturated rings. The molecule has 0 aliphatic rings. The fraction of sp³-hybridized carbons (Fsp3) is 0.875. The first kappa shape index (κ1) is 21.8. The summed E-state index contributed by atoms with van der Waals surface area (Å²) >= 11 is 0. The summed E-state index contributed by atoms with van der Waals surface area (Å²) < 4.78 is 25.2. The van der Waals surface area contributed by atoms with Gasteiger partial charge in [0.1, 0.15) is 0 Å². The van der Waals surface area contributed by atoms with Crippen molar-refractivity contribution in [1.82, 2.24) is 0 Å². The Bertz CT molecular complexity index is 286. The van der Waals surface area contributed by atoms with Gasteiger partial charge < -0.3 is 23.7 Å². The van der Waals surface area contributed by atoms with E-state index in [1.54, 1.807) is 0 Å². The third kappa shape index (κ3) is 17.0. The van der Waals surface area contributed by atoms with Crippen LogP contribution < -0.4 is 0 Å². The molecular weight excluding hydrogens is 304 g/mol. The average Bonchev–Trinajstić information content (AvgIpc) is 2.43. The molecule has 7 heteroatoms. The summed E-state index contributed by atoms with van der Waals surface area (Å²) in [6, 6.07) is 0. The highest BCUT2D eigenvalue weighted by atomic mass is 16.7. The summed E-state index contributed by atoms with van der Waals surface area (Å²) in [7, 11) is 0.